The molecule has 0 aliphatic carbocycles. The van der Waals surface area contributed by atoms with Crippen LogP contribution in [0.25, 0.3) is 11.4 Å². The highest BCUT2D eigenvalue weighted by Crippen LogP contribution is 2.16. The topological polar surface area (TPSA) is 93.2 Å². The van der Waals surface area contributed by atoms with Crippen LogP contribution in [0.3, 0.4) is 0 Å². The third-order valence-corrected chi connectivity index (χ3v) is 2.86. The minimum Gasteiger partial charge on any atom is -0.472 e. The van der Waals surface area contributed by atoms with Gasteiger partial charge in [0.2, 0.25) is 17.6 Å². The number of amides is 1. The summed E-state index contributed by atoms with van der Waals surface area (Å²) in [6, 6.07) is 1.75. The fourth-order valence-electron chi connectivity index (χ4n) is 1.77. The Balaban J connectivity index is 0.00000242. The molecule has 0 saturated heterocycles. The smallest absolute Gasteiger partial charge is 0.227 e. The quantitative estimate of drug-likeness (QED) is 0.682. The van der Waals surface area contributed by atoms with Gasteiger partial charge < -0.3 is 19.6 Å². The van der Waals surface area contributed by atoms with E-state index < -0.39 is 0 Å². The number of carbonyl (C=O) groups is 1. The highest BCUT2D eigenvalue weighted by Gasteiger charge is 2.11. The van der Waals surface area contributed by atoms with Crippen LogP contribution in [0.15, 0.2) is 27.5 Å². The largest absolute Gasteiger partial charge is 0.472 e. The number of aromatic nitrogens is 2. The molecule has 2 aromatic rings. The Morgan fingerprint density at radius 2 is 2.18 bits per heavy atom. The summed E-state index contributed by atoms with van der Waals surface area (Å²) in [5, 5.41) is 9.90. The second kappa shape index (κ2) is 9.97. The SMILES string of the molecule is CCCNCCNC(=O)CCc1nc(-c2ccoc2)no1.Cl. The van der Waals surface area contributed by atoms with Gasteiger partial charge in [-0.25, -0.2) is 0 Å². The van der Waals surface area contributed by atoms with Crippen molar-refractivity contribution in [3.63, 3.8) is 0 Å². The molecule has 122 valence electrons. The molecule has 2 N–H and O–H groups in total. The lowest BCUT2D eigenvalue weighted by Gasteiger charge is -2.04. The first-order chi connectivity index (χ1) is 10.3. The number of aryl methyl sites for hydroxylation is 1. The first kappa shape index (κ1) is 18.2. The first-order valence-electron chi connectivity index (χ1n) is 7.12. The van der Waals surface area contributed by atoms with E-state index in [1.165, 1.54) is 0 Å². The van der Waals surface area contributed by atoms with Crippen molar-refractivity contribution in [1.29, 1.82) is 0 Å². The number of halogens is 1. The van der Waals surface area contributed by atoms with Gasteiger partial charge in [0.1, 0.15) is 6.26 Å². The molecular weight excluding hydrogens is 308 g/mol. The average Bonchev–Trinajstić information content (AvgIpc) is 3.15. The zero-order valence-corrected chi connectivity index (χ0v) is 13.3. The maximum atomic E-state index is 11.6. The third kappa shape index (κ3) is 5.87. The molecule has 2 heterocycles. The molecule has 0 bridgehead atoms. The van der Waals surface area contributed by atoms with E-state index in [0.717, 1.165) is 25.1 Å². The van der Waals surface area contributed by atoms with Gasteiger partial charge in [-0.15, -0.1) is 12.4 Å². The molecule has 8 heteroatoms. The van der Waals surface area contributed by atoms with Crippen molar-refractivity contribution in [1.82, 2.24) is 20.8 Å². The predicted octanol–water partition coefficient (Wildman–Crippen LogP) is 1.80. The van der Waals surface area contributed by atoms with Gasteiger partial charge in [-0.3, -0.25) is 4.79 Å². The summed E-state index contributed by atoms with van der Waals surface area (Å²) in [6.07, 6.45) is 4.94. The normalized spacial score (nSPS) is 10.2. The predicted molar refractivity (Wildman–Crippen MR) is 83.7 cm³/mol. The molecule has 0 aliphatic rings. The van der Waals surface area contributed by atoms with Gasteiger partial charge in [-0.05, 0) is 19.0 Å². The maximum absolute atomic E-state index is 11.6. The van der Waals surface area contributed by atoms with E-state index in [-0.39, 0.29) is 18.3 Å². The lowest BCUT2D eigenvalue weighted by atomic mass is 10.3. The Morgan fingerprint density at radius 3 is 2.91 bits per heavy atom. The number of nitrogens with one attached hydrogen (secondary N) is 2. The Morgan fingerprint density at radius 1 is 1.32 bits per heavy atom. The van der Waals surface area contributed by atoms with E-state index in [9.17, 15) is 4.79 Å². The van der Waals surface area contributed by atoms with Crippen molar-refractivity contribution in [2.45, 2.75) is 26.2 Å². The van der Waals surface area contributed by atoms with Crippen LogP contribution in [0.5, 0.6) is 0 Å². The second-order valence-corrected chi connectivity index (χ2v) is 4.62. The molecule has 0 unspecified atom stereocenters. The zero-order valence-electron chi connectivity index (χ0n) is 12.5. The summed E-state index contributed by atoms with van der Waals surface area (Å²) >= 11 is 0. The van der Waals surface area contributed by atoms with Gasteiger partial charge in [0, 0.05) is 25.9 Å². The highest BCUT2D eigenvalue weighted by molar-refractivity contribution is 5.85. The summed E-state index contributed by atoms with van der Waals surface area (Å²) < 4.78 is 10.1. The maximum Gasteiger partial charge on any atom is 0.227 e. The molecule has 0 spiro atoms. The van der Waals surface area contributed by atoms with E-state index in [4.69, 9.17) is 8.94 Å². The highest BCUT2D eigenvalue weighted by atomic mass is 35.5. The van der Waals surface area contributed by atoms with Crippen LogP contribution in [-0.2, 0) is 11.2 Å². The molecule has 0 atom stereocenters. The van der Waals surface area contributed by atoms with E-state index >= 15 is 0 Å². The lowest BCUT2D eigenvalue weighted by Crippen LogP contribution is -2.32. The monoisotopic (exact) mass is 328 g/mol. The molecule has 0 fully saturated rings. The van der Waals surface area contributed by atoms with Crippen LogP contribution in [0.2, 0.25) is 0 Å². The molecule has 0 saturated carbocycles. The number of rotatable bonds is 9. The molecule has 2 rings (SSSR count). The fourth-order valence-corrected chi connectivity index (χ4v) is 1.77. The zero-order chi connectivity index (χ0) is 14.9. The molecule has 0 radical (unpaired) electrons. The molecule has 1 amide bonds. The molecule has 7 nitrogen and oxygen atoms in total. The Hall–Kier alpha value is -1.86. The van der Waals surface area contributed by atoms with Crippen LogP contribution < -0.4 is 10.6 Å². The number of hydrogen-bond donors (Lipinski definition) is 2. The van der Waals surface area contributed by atoms with Gasteiger partial charge in [0.15, 0.2) is 0 Å². The van der Waals surface area contributed by atoms with Crippen molar-refractivity contribution in [2.75, 3.05) is 19.6 Å². The van der Waals surface area contributed by atoms with E-state index in [2.05, 4.69) is 27.7 Å². The summed E-state index contributed by atoms with van der Waals surface area (Å²) in [5.41, 5.74) is 0.761. The van der Waals surface area contributed by atoms with Gasteiger partial charge in [-0.2, -0.15) is 4.98 Å². The number of carbonyl (C=O) groups excluding carboxylic acids is 1. The van der Waals surface area contributed by atoms with E-state index in [1.54, 1.807) is 18.6 Å². The number of nitrogens with zero attached hydrogens (tertiary/aromatic N) is 2. The Kier molecular flexibility index (Phi) is 8.24. The van der Waals surface area contributed by atoms with Crippen molar-refractivity contribution < 1.29 is 13.7 Å². The van der Waals surface area contributed by atoms with Crippen molar-refractivity contribution in [2.24, 2.45) is 0 Å². The first-order valence-corrected chi connectivity index (χ1v) is 7.12. The van der Waals surface area contributed by atoms with Crippen molar-refractivity contribution in [3.05, 3.63) is 24.5 Å². The summed E-state index contributed by atoms with van der Waals surface area (Å²) in [5.74, 6) is 0.907. The molecule has 0 aliphatic heterocycles. The standard InChI is InChI=1S/C14H20N4O3.ClH/c1-2-6-15-7-8-16-12(19)3-4-13-17-14(18-21-13)11-5-9-20-10-11;/h5,9-10,15H,2-4,6-8H2,1H3,(H,16,19);1H. The van der Waals surface area contributed by atoms with Gasteiger partial charge in [-0.1, -0.05) is 12.1 Å². The summed E-state index contributed by atoms with van der Waals surface area (Å²) in [4.78, 5) is 15.9. The summed E-state index contributed by atoms with van der Waals surface area (Å²) in [7, 11) is 0. The average molecular weight is 329 g/mol. The van der Waals surface area contributed by atoms with Crippen LogP contribution in [0.1, 0.15) is 25.7 Å². The van der Waals surface area contributed by atoms with Gasteiger partial charge in [0.05, 0.1) is 11.8 Å². The number of furan rings is 1. The van der Waals surface area contributed by atoms with E-state index in [0.29, 0.717) is 31.1 Å². The Labute approximate surface area is 135 Å². The van der Waals surface area contributed by atoms with Crippen LogP contribution in [0.4, 0.5) is 0 Å². The molecular formula is C14H21ClN4O3. The van der Waals surface area contributed by atoms with Crippen LogP contribution >= 0.6 is 12.4 Å². The van der Waals surface area contributed by atoms with Crippen LogP contribution in [-0.4, -0.2) is 35.7 Å². The Bertz CT molecular complexity index is 542. The molecule has 2 aromatic heterocycles. The fraction of sp³-hybridized carbons (Fsp3) is 0.500. The minimum atomic E-state index is -0.0173. The minimum absolute atomic E-state index is 0. The lowest BCUT2D eigenvalue weighted by molar-refractivity contribution is -0.121. The van der Waals surface area contributed by atoms with Crippen molar-refractivity contribution >= 4 is 18.3 Å². The second-order valence-electron chi connectivity index (χ2n) is 4.62. The van der Waals surface area contributed by atoms with Gasteiger partial charge >= 0.3 is 0 Å². The van der Waals surface area contributed by atoms with Gasteiger partial charge in [0.25, 0.3) is 0 Å². The molecule has 0 aromatic carbocycles. The summed E-state index contributed by atoms with van der Waals surface area (Å²) in [6.45, 7) is 4.48. The number of hydrogen-bond acceptors (Lipinski definition) is 6. The third-order valence-electron chi connectivity index (χ3n) is 2.86. The van der Waals surface area contributed by atoms with E-state index in [1.807, 2.05) is 0 Å². The van der Waals surface area contributed by atoms with Crippen LogP contribution in [0, 0.1) is 0 Å². The van der Waals surface area contributed by atoms with Crippen molar-refractivity contribution in [3.8, 4) is 11.4 Å². The molecule has 22 heavy (non-hydrogen) atoms.